The molecule has 0 unspecified atom stereocenters. The van der Waals surface area contributed by atoms with Gasteiger partial charge in [-0.3, -0.25) is 4.79 Å². The Labute approximate surface area is 103 Å². The summed E-state index contributed by atoms with van der Waals surface area (Å²) < 4.78 is 13.5. The van der Waals surface area contributed by atoms with Crippen LogP contribution in [0, 0.1) is 11.7 Å². The largest absolute Gasteiger partial charge is 0.294 e. The van der Waals surface area contributed by atoms with Crippen molar-refractivity contribution in [2.75, 3.05) is 0 Å². The van der Waals surface area contributed by atoms with Gasteiger partial charge in [-0.1, -0.05) is 34.1 Å². The summed E-state index contributed by atoms with van der Waals surface area (Å²) in [4.78, 5) is 12.1. The van der Waals surface area contributed by atoms with E-state index in [9.17, 15) is 9.18 Å². The van der Waals surface area contributed by atoms with Crippen LogP contribution in [0.25, 0.3) is 0 Å². The van der Waals surface area contributed by atoms with Gasteiger partial charge in [0.05, 0.1) is 0 Å². The highest BCUT2D eigenvalue weighted by Gasteiger charge is 2.16. The highest BCUT2D eigenvalue weighted by atomic mass is 19.1. The van der Waals surface area contributed by atoms with E-state index in [0.717, 1.165) is 12.8 Å². The number of hydrogen-bond donors (Lipinski definition) is 0. The van der Waals surface area contributed by atoms with Crippen LogP contribution in [0.3, 0.4) is 0 Å². The second kappa shape index (κ2) is 5.95. The zero-order valence-corrected chi connectivity index (χ0v) is 11.1. The Morgan fingerprint density at radius 2 is 1.94 bits per heavy atom. The van der Waals surface area contributed by atoms with E-state index in [2.05, 4.69) is 6.92 Å². The van der Waals surface area contributed by atoms with E-state index in [4.69, 9.17) is 0 Å². The van der Waals surface area contributed by atoms with Crippen molar-refractivity contribution in [3.05, 3.63) is 35.1 Å². The molecule has 0 radical (unpaired) electrons. The molecule has 17 heavy (non-hydrogen) atoms. The summed E-state index contributed by atoms with van der Waals surface area (Å²) in [6, 6.07) is 4.70. The molecule has 1 aromatic rings. The van der Waals surface area contributed by atoms with Gasteiger partial charge >= 0.3 is 0 Å². The van der Waals surface area contributed by atoms with Crippen molar-refractivity contribution in [3.63, 3.8) is 0 Å². The average Bonchev–Trinajstić information content (AvgIpc) is 2.28. The predicted octanol–water partition coefficient (Wildman–Crippen LogP) is 4.57. The van der Waals surface area contributed by atoms with Crippen LogP contribution in [0.15, 0.2) is 18.2 Å². The van der Waals surface area contributed by atoms with Crippen molar-refractivity contribution >= 4 is 5.78 Å². The molecule has 0 aliphatic carbocycles. The molecule has 2 heteroatoms. The molecule has 1 atom stereocenters. The van der Waals surface area contributed by atoms with Crippen molar-refractivity contribution in [2.45, 2.75) is 46.5 Å². The highest BCUT2D eigenvalue weighted by molar-refractivity contribution is 5.97. The van der Waals surface area contributed by atoms with Gasteiger partial charge in [-0.05, 0) is 36.1 Å². The first-order valence-electron chi connectivity index (χ1n) is 6.31. The first-order chi connectivity index (χ1) is 7.97. The summed E-state index contributed by atoms with van der Waals surface area (Å²) in [6.07, 6.45) is 1.87. The van der Waals surface area contributed by atoms with Crippen molar-refractivity contribution in [3.8, 4) is 0 Å². The number of ketones is 1. The van der Waals surface area contributed by atoms with Crippen LogP contribution in [0.1, 0.15) is 62.4 Å². The molecule has 0 spiro atoms. The zero-order valence-electron chi connectivity index (χ0n) is 11.1. The Kier molecular flexibility index (Phi) is 4.86. The topological polar surface area (TPSA) is 17.1 Å². The lowest BCUT2D eigenvalue weighted by molar-refractivity contribution is 0.0923. The highest BCUT2D eigenvalue weighted by Crippen LogP contribution is 2.22. The predicted molar refractivity (Wildman–Crippen MR) is 68.9 cm³/mol. The Balaban J connectivity index is 2.99. The van der Waals surface area contributed by atoms with Crippen LogP contribution >= 0.6 is 0 Å². The molecule has 0 N–H and O–H groups in total. The van der Waals surface area contributed by atoms with Gasteiger partial charge in [0, 0.05) is 11.5 Å². The van der Waals surface area contributed by atoms with Gasteiger partial charge in [0.25, 0.3) is 0 Å². The molecule has 94 valence electrons. The van der Waals surface area contributed by atoms with E-state index in [1.54, 1.807) is 12.1 Å². The van der Waals surface area contributed by atoms with E-state index in [-0.39, 0.29) is 23.4 Å². The summed E-state index contributed by atoms with van der Waals surface area (Å²) in [6.45, 7) is 7.86. The number of benzene rings is 1. The summed E-state index contributed by atoms with van der Waals surface area (Å²) in [5.74, 6) is 0.0168. The van der Waals surface area contributed by atoms with Gasteiger partial charge in [-0.25, -0.2) is 4.39 Å². The minimum absolute atomic E-state index is 0.0190. The summed E-state index contributed by atoms with van der Waals surface area (Å²) in [5.41, 5.74) is 1.26. The fraction of sp³-hybridized carbons (Fsp3) is 0.533. The van der Waals surface area contributed by atoms with Gasteiger partial charge in [-0.15, -0.1) is 0 Å². The Hall–Kier alpha value is -1.18. The monoisotopic (exact) mass is 236 g/mol. The number of carbonyl (C=O) groups excluding carboxylic acids is 1. The zero-order chi connectivity index (χ0) is 13.0. The van der Waals surface area contributed by atoms with Gasteiger partial charge in [-0.2, -0.15) is 0 Å². The summed E-state index contributed by atoms with van der Waals surface area (Å²) in [5, 5.41) is 0. The molecule has 0 aliphatic rings. The lowest BCUT2D eigenvalue weighted by Gasteiger charge is -2.12. The van der Waals surface area contributed by atoms with Crippen LogP contribution in [-0.4, -0.2) is 5.78 Å². The van der Waals surface area contributed by atoms with Gasteiger partial charge < -0.3 is 0 Å². The normalized spacial score (nSPS) is 12.8. The molecule has 0 aromatic heterocycles. The first-order valence-corrected chi connectivity index (χ1v) is 6.31. The SMILES string of the molecule is CCC[C@@H](C)C(=O)c1ccc(F)c(C(C)C)c1. The van der Waals surface area contributed by atoms with Crippen molar-refractivity contribution in [1.29, 1.82) is 0 Å². The van der Waals surface area contributed by atoms with Crippen LogP contribution in [0.4, 0.5) is 4.39 Å². The van der Waals surface area contributed by atoms with E-state index in [1.807, 2.05) is 20.8 Å². The Morgan fingerprint density at radius 3 is 2.47 bits per heavy atom. The third-order valence-corrected chi connectivity index (χ3v) is 3.07. The molecule has 1 rings (SSSR count). The number of hydrogen-bond acceptors (Lipinski definition) is 1. The lowest BCUT2D eigenvalue weighted by atomic mass is 9.92. The fourth-order valence-electron chi connectivity index (χ4n) is 1.99. The maximum Gasteiger partial charge on any atom is 0.165 e. The third kappa shape index (κ3) is 3.39. The summed E-state index contributed by atoms with van der Waals surface area (Å²) >= 11 is 0. The fourth-order valence-corrected chi connectivity index (χ4v) is 1.99. The minimum Gasteiger partial charge on any atom is -0.294 e. The van der Waals surface area contributed by atoms with Crippen LogP contribution in [-0.2, 0) is 0 Å². The van der Waals surface area contributed by atoms with Gasteiger partial charge in [0.2, 0.25) is 0 Å². The van der Waals surface area contributed by atoms with Crippen LogP contribution < -0.4 is 0 Å². The molecule has 1 nitrogen and oxygen atoms in total. The molecule has 0 saturated heterocycles. The molecule has 0 amide bonds. The van der Waals surface area contributed by atoms with Gasteiger partial charge in [0.15, 0.2) is 5.78 Å². The maximum atomic E-state index is 13.5. The second-order valence-corrected chi connectivity index (χ2v) is 4.94. The van der Waals surface area contributed by atoms with Crippen molar-refractivity contribution < 1.29 is 9.18 Å². The first kappa shape index (κ1) is 13.9. The van der Waals surface area contributed by atoms with Crippen LogP contribution in [0.5, 0.6) is 0 Å². The molecular weight excluding hydrogens is 215 g/mol. The van der Waals surface area contributed by atoms with E-state index in [0.29, 0.717) is 11.1 Å². The van der Waals surface area contributed by atoms with Crippen molar-refractivity contribution in [2.24, 2.45) is 5.92 Å². The molecule has 0 heterocycles. The smallest absolute Gasteiger partial charge is 0.165 e. The van der Waals surface area contributed by atoms with E-state index >= 15 is 0 Å². The maximum absolute atomic E-state index is 13.5. The lowest BCUT2D eigenvalue weighted by Crippen LogP contribution is -2.12. The van der Waals surface area contributed by atoms with Crippen molar-refractivity contribution in [1.82, 2.24) is 0 Å². The molecule has 1 aromatic carbocycles. The molecule has 0 saturated carbocycles. The second-order valence-electron chi connectivity index (χ2n) is 4.94. The molecule has 0 aliphatic heterocycles. The van der Waals surface area contributed by atoms with E-state index < -0.39 is 0 Å². The number of halogens is 1. The number of carbonyl (C=O) groups is 1. The summed E-state index contributed by atoms with van der Waals surface area (Å²) in [7, 11) is 0. The third-order valence-electron chi connectivity index (χ3n) is 3.07. The average molecular weight is 236 g/mol. The quantitative estimate of drug-likeness (QED) is 0.684. The Bertz CT molecular complexity index is 396. The van der Waals surface area contributed by atoms with Crippen LogP contribution in [0.2, 0.25) is 0 Å². The molecule has 0 bridgehead atoms. The number of Topliss-reactive ketones (excluding diaryl/α,β-unsaturated/α-hetero) is 1. The number of rotatable bonds is 5. The van der Waals surface area contributed by atoms with Gasteiger partial charge in [0.1, 0.15) is 5.82 Å². The molecule has 0 fully saturated rings. The standard InChI is InChI=1S/C15H21FO/c1-5-6-11(4)15(17)12-7-8-14(16)13(9-12)10(2)3/h7-11H,5-6H2,1-4H3/t11-/m1/s1. The minimum atomic E-state index is -0.223. The Morgan fingerprint density at radius 1 is 1.29 bits per heavy atom. The van der Waals surface area contributed by atoms with E-state index in [1.165, 1.54) is 6.07 Å². The molecular formula is C15H21FO.